The van der Waals surface area contributed by atoms with Gasteiger partial charge in [0.1, 0.15) is 11.6 Å². The van der Waals surface area contributed by atoms with Crippen molar-refractivity contribution in [1.29, 1.82) is 5.26 Å². The molecule has 0 amide bonds. The predicted molar refractivity (Wildman–Crippen MR) is 47.4 cm³/mol. The maximum absolute atomic E-state index is 11.4. The van der Waals surface area contributed by atoms with Gasteiger partial charge in [-0.05, 0) is 18.6 Å². The molecule has 0 atom stereocenters. The molecule has 1 heterocycles. The van der Waals surface area contributed by atoms with Crippen molar-refractivity contribution in [3.8, 4) is 11.9 Å². The van der Waals surface area contributed by atoms with Gasteiger partial charge in [-0.3, -0.25) is 9.36 Å². The van der Waals surface area contributed by atoms with Crippen LogP contribution in [-0.4, -0.2) is 9.67 Å². The highest BCUT2D eigenvalue weighted by Gasteiger charge is 2.05. The molecule has 0 fully saturated rings. The molecule has 1 aromatic heterocycles. The summed E-state index contributed by atoms with van der Waals surface area (Å²) in [7, 11) is 0. The van der Waals surface area contributed by atoms with Gasteiger partial charge in [0.05, 0.1) is 0 Å². The molecule has 0 aliphatic heterocycles. The molecule has 0 aliphatic carbocycles. The first-order valence-electron chi connectivity index (χ1n) is 4.03. The highest BCUT2D eigenvalue weighted by molar-refractivity contribution is 5.29. The fourth-order valence-electron chi connectivity index (χ4n) is 1.09. The van der Waals surface area contributed by atoms with E-state index in [0.717, 1.165) is 6.42 Å². The van der Waals surface area contributed by atoms with Gasteiger partial charge in [0.15, 0.2) is 5.88 Å². The minimum absolute atomic E-state index is 0.0613. The van der Waals surface area contributed by atoms with Gasteiger partial charge in [0.2, 0.25) is 0 Å². The van der Waals surface area contributed by atoms with Crippen molar-refractivity contribution in [3.63, 3.8) is 0 Å². The third kappa shape index (κ3) is 1.70. The Balaban J connectivity index is 3.32. The Bertz CT molecular complexity index is 401. The largest absolute Gasteiger partial charge is 0.494 e. The molecule has 0 spiro atoms. The van der Waals surface area contributed by atoms with Crippen LogP contribution >= 0.6 is 0 Å². The third-order valence-corrected chi connectivity index (χ3v) is 1.72. The first kappa shape index (κ1) is 9.33. The maximum atomic E-state index is 11.4. The molecule has 1 aromatic rings. The molecule has 0 aromatic carbocycles. The van der Waals surface area contributed by atoms with E-state index in [1.807, 2.05) is 6.92 Å². The molecule has 1 N–H and O–H groups in total. The number of nitriles is 1. The summed E-state index contributed by atoms with van der Waals surface area (Å²) in [6.45, 7) is 2.32. The smallest absolute Gasteiger partial charge is 0.271 e. The van der Waals surface area contributed by atoms with E-state index in [2.05, 4.69) is 0 Å². The fraction of sp³-hybridized carbons (Fsp3) is 0.333. The van der Waals surface area contributed by atoms with Crippen LogP contribution in [0.4, 0.5) is 0 Å². The topological polar surface area (TPSA) is 66.0 Å². The summed E-state index contributed by atoms with van der Waals surface area (Å²) in [4.78, 5) is 11.4. The number of aromatic hydroxyl groups is 1. The van der Waals surface area contributed by atoms with Crippen LogP contribution in [0.1, 0.15) is 18.9 Å². The number of nitrogens with zero attached hydrogens (tertiary/aromatic N) is 2. The summed E-state index contributed by atoms with van der Waals surface area (Å²) in [6.07, 6.45) is 0.738. The first-order valence-corrected chi connectivity index (χ1v) is 4.03. The lowest BCUT2D eigenvalue weighted by atomic mass is 10.3. The predicted octanol–water partition coefficient (Wildman–Crippen LogP) is 0.836. The zero-order valence-corrected chi connectivity index (χ0v) is 7.32. The molecule has 68 valence electrons. The van der Waals surface area contributed by atoms with Crippen LogP contribution in [0.25, 0.3) is 0 Å². The van der Waals surface area contributed by atoms with Crippen molar-refractivity contribution in [3.05, 3.63) is 28.0 Å². The number of hydrogen-bond acceptors (Lipinski definition) is 3. The average molecular weight is 178 g/mol. The summed E-state index contributed by atoms with van der Waals surface area (Å²) in [5.74, 6) is -0.0918. The summed E-state index contributed by atoms with van der Waals surface area (Å²) in [5.41, 5.74) is -0.365. The van der Waals surface area contributed by atoms with Crippen LogP contribution in [0.5, 0.6) is 5.88 Å². The Labute approximate surface area is 75.7 Å². The van der Waals surface area contributed by atoms with Gasteiger partial charge >= 0.3 is 0 Å². The second-order valence-corrected chi connectivity index (χ2v) is 2.67. The molecule has 0 saturated heterocycles. The van der Waals surface area contributed by atoms with E-state index in [4.69, 9.17) is 5.26 Å². The van der Waals surface area contributed by atoms with E-state index >= 15 is 0 Å². The zero-order valence-electron chi connectivity index (χ0n) is 7.32. The monoisotopic (exact) mass is 178 g/mol. The van der Waals surface area contributed by atoms with E-state index in [1.165, 1.54) is 16.7 Å². The summed E-state index contributed by atoms with van der Waals surface area (Å²) in [5, 5.41) is 17.9. The van der Waals surface area contributed by atoms with E-state index in [1.54, 1.807) is 6.07 Å². The van der Waals surface area contributed by atoms with Gasteiger partial charge in [0, 0.05) is 6.54 Å². The zero-order chi connectivity index (χ0) is 9.84. The van der Waals surface area contributed by atoms with Crippen LogP contribution in [0.15, 0.2) is 16.9 Å². The minimum atomic E-state index is -0.427. The van der Waals surface area contributed by atoms with Gasteiger partial charge in [-0.25, -0.2) is 0 Å². The van der Waals surface area contributed by atoms with Crippen LogP contribution in [0.2, 0.25) is 0 Å². The highest BCUT2D eigenvalue weighted by Crippen LogP contribution is 2.06. The summed E-state index contributed by atoms with van der Waals surface area (Å²) in [6, 6.07) is 4.46. The van der Waals surface area contributed by atoms with Gasteiger partial charge in [-0.15, -0.1) is 0 Å². The Kier molecular flexibility index (Phi) is 2.70. The Morgan fingerprint density at radius 3 is 2.85 bits per heavy atom. The lowest BCUT2D eigenvalue weighted by Gasteiger charge is -2.05. The molecule has 4 heteroatoms. The van der Waals surface area contributed by atoms with Crippen molar-refractivity contribution >= 4 is 0 Å². The van der Waals surface area contributed by atoms with Crippen LogP contribution in [-0.2, 0) is 6.54 Å². The van der Waals surface area contributed by atoms with Gasteiger partial charge in [0.25, 0.3) is 5.56 Å². The van der Waals surface area contributed by atoms with Crippen LogP contribution < -0.4 is 5.56 Å². The van der Waals surface area contributed by atoms with E-state index in [-0.39, 0.29) is 11.4 Å². The lowest BCUT2D eigenvalue weighted by Crippen LogP contribution is -2.21. The number of hydrogen-bond donors (Lipinski definition) is 1. The van der Waals surface area contributed by atoms with Crippen molar-refractivity contribution in [1.82, 2.24) is 4.57 Å². The molecule has 4 nitrogen and oxygen atoms in total. The van der Waals surface area contributed by atoms with Crippen molar-refractivity contribution < 1.29 is 5.11 Å². The number of rotatable bonds is 2. The fourth-order valence-corrected chi connectivity index (χ4v) is 1.09. The lowest BCUT2D eigenvalue weighted by molar-refractivity contribution is 0.404. The molecule has 0 aliphatic rings. The van der Waals surface area contributed by atoms with Gasteiger partial charge in [-0.2, -0.15) is 5.26 Å². The molecule has 0 unspecified atom stereocenters. The average Bonchev–Trinajstić information content (AvgIpc) is 2.12. The van der Waals surface area contributed by atoms with Crippen LogP contribution in [0, 0.1) is 11.3 Å². The normalized spacial score (nSPS) is 9.54. The Morgan fingerprint density at radius 2 is 2.31 bits per heavy atom. The van der Waals surface area contributed by atoms with E-state index in [0.29, 0.717) is 6.54 Å². The Hall–Kier alpha value is -1.76. The SMILES string of the molecule is CCCn1c(O)ccc(C#N)c1=O. The molecule has 1 rings (SSSR count). The molecule has 0 radical (unpaired) electrons. The summed E-state index contributed by atoms with van der Waals surface area (Å²) < 4.78 is 1.19. The minimum Gasteiger partial charge on any atom is -0.494 e. The molecule has 0 saturated carbocycles. The highest BCUT2D eigenvalue weighted by atomic mass is 16.3. The standard InChI is InChI=1S/C9H10N2O2/c1-2-5-11-8(12)4-3-7(6-10)9(11)13/h3-4,12H,2,5H2,1H3. The molecular formula is C9H10N2O2. The van der Waals surface area contributed by atoms with Gasteiger partial charge < -0.3 is 5.11 Å². The van der Waals surface area contributed by atoms with Crippen molar-refractivity contribution in [2.24, 2.45) is 0 Å². The van der Waals surface area contributed by atoms with Crippen molar-refractivity contribution in [2.75, 3.05) is 0 Å². The van der Waals surface area contributed by atoms with Gasteiger partial charge in [-0.1, -0.05) is 6.92 Å². The number of pyridine rings is 1. The third-order valence-electron chi connectivity index (χ3n) is 1.72. The first-order chi connectivity index (χ1) is 6.20. The van der Waals surface area contributed by atoms with Crippen LogP contribution in [0.3, 0.4) is 0 Å². The molecule has 0 bridgehead atoms. The molecular weight excluding hydrogens is 168 g/mol. The number of aromatic nitrogens is 1. The molecule has 13 heavy (non-hydrogen) atoms. The second kappa shape index (κ2) is 3.76. The van der Waals surface area contributed by atoms with E-state index < -0.39 is 5.56 Å². The maximum Gasteiger partial charge on any atom is 0.271 e. The summed E-state index contributed by atoms with van der Waals surface area (Å²) >= 11 is 0. The quantitative estimate of drug-likeness (QED) is 0.729. The Morgan fingerprint density at radius 1 is 1.62 bits per heavy atom. The van der Waals surface area contributed by atoms with E-state index in [9.17, 15) is 9.90 Å². The van der Waals surface area contributed by atoms with Crippen molar-refractivity contribution in [2.45, 2.75) is 19.9 Å². The second-order valence-electron chi connectivity index (χ2n) is 2.67.